The zero-order valence-corrected chi connectivity index (χ0v) is 14.1. The Morgan fingerprint density at radius 3 is 2.84 bits per heavy atom. The lowest BCUT2D eigenvalue weighted by atomic mass is 10.0. The highest BCUT2D eigenvalue weighted by atomic mass is 16.5. The number of aromatic nitrogens is 1. The summed E-state index contributed by atoms with van der Waals surface area (Å²) in [5.41, 5.74) is 1.70. The molecular weight excluding hydrogens is 316 g/mol. The van der Waals surface area contributed by atoms with Crippen molar-refractivity contribution in [1.82, 2.24) is 9.88 Å². The van der Waals surface area contributed by atoms with Crippen molar-refractivity contribution in [2.75, 3.05) is 26.8 Å². The van der Waals surface area contributed by atoms with Gasteiger partial charge in [-0.05, 0) is 46.7 Å². The van der Waals surface area contributed by atoms with E-state index in [4.69, 9.17) is 9.47 Å². The average Bonchev–Trinajstić information content (AvgIpc) is 3.21. The number of H-pyrrole nitrogens is 1. The van der Waals surface area contributed by atoms with Crippen molar-refractivity contribution in [2.24, 2.45) is 0 Å². The molecule has 0 bridgehead atoms. The van der Waals surface area contributed by atoms with Crippen LogP contribution >= 0.6 is 0 Å². The van der Waals surface area contributed by atoms with Crippen LogP contribution in [0.2, 0.25) is 0 Å². The normalized spacial score (nSPS) is 17.6. The molecule has 3 aromatic rings. The van der Waals surface area contributed by atoms with Crippen LogP contribution in [-0.2, 0) is 4.74 Å². The summed E-state index contributed by atoms with van der Waals surface area (Å²) in [5.74, 6) is 0.862. The van der Waals surface area contributed by atoms with Crippen LogP contribution in [0.1, 0.15) is 22.2 Å². The topological polar surface area (TPSA) is 54.6 Å². The zero-order valence-electron chi connectivity index (χ0n) is 14.1. The fourth-order valence-corrected chi connectivity index (χ4v) is 3.24. The van der Waals surface area contributed by atoms with Gasteiger partial charge < -0.3 is 19.4 Å². The Morgan fingerprint density at radius 2 is 2.04 bits per heavy atom. The monoisotopic (exact) mass is 336 g/mol. The quantitative estimate of drug-likeness (QED) is 0.798. The second-order valence-electron chi connectivity index (χ2n) is 6.17. The summed E-state index contributed by atoms with van der Waals surface area (Å²) in [6, 6.07) is 15.9. The molecule has 1 aromatic heterocycles. The second-order valence-corrected chi connectivity index (χ2v) is 6.17. The van der Waals surface area contributed by atoms with Crippen LogP contribution in [0.3, 0.4) is 0 Å². The third-order valence-corrected chi connectivity index (χ3v) is 4.63. The number of rotatable bonds is 3. The van der Waals surface area contributed by atoms with Gasteiger partial charge in [-0.2, -0.15) is 0 Å². The highest BCUT2D eigenvalue weighted by Crippen LogP contribution is 2.28. The first kappa shape index (κ1) is 15.7. The summed E-state index contributed by atoms with van der Waals surface area (Å²) in [6.45, 7) is 1.70. The van der Waals surface area contributed by atoms with Gasteiger partial charge in [0.1, 0.15) is 17.5 Å². The SMILES string of the molecule is COc1ccc2cc([C@@H]3CN(C(=O)c4ccc[nH]4)CCO3)ccc2c1. The largest absolute Gasteiger partial charge is 0.497 e. The van der Waals surface area contributed by atoms with Gasteiger partial charge in [-0.15, -0.1) is 0 Å². The lowest BCUT2D eigenvalue weighted by molar-refractivity contribution is -0.0229. The number of benzene rings is 2. The van der Waals surface area contributed by atoms with Gasteiger partial charge in [-0.1, -0.05) is 18.2 Å². The maximum atomic E-state index is 12.5. The summed E-state index contributed by atoms with van der Waals surface area (Å²) < 4.78 is 11.2. The van der Waals surface area contributed by atoms with E-state index in [0.717, 1.165) is 22.1 Å². The van der Waals surface area contributed by atoms with E-state index in [1.807, 2.05) is 29.2 Å². The van der Waals surface area contributed by atoms with Gasteiger partial charge in [0.25, 0.3) is 5.91 Å². The third kappa shape index (κ3) is 3.10. The number of hydrogen-bond donors (Lipinski definition) is 1. The van der Waals surface area contributed by atoms with Crippen LogP contribution in [0.4, 0.5) is 0 Å². The number of methoxy groups -OCH3 is 1. The minimum atomic E-state index is -0.112. The lowest BCUT2D eigenvalue weighted by Gasteiger charge is -2.33. The molecule has 1 saturated heterocycles. The molecule has 1 N–H and O–H groups in total. The molecule has 128 valence electrons. The molecule has 0 aliphatic carbocycles. The number of ether oxygens (including phenoxy) is 2. The van der Waals surface area contributed by atoms with Gasteiger partial charge >= 0.3 is 0 Å². The molecule has 0 radical (unpaired) electrons. The van der Waals surface area contributed by atoms with E-state index in [0.29, 0.717) is 25.4 Å². The van der Waals surface area contributed by atoms with Crippen molar-refractivity contribution in [3.8, 4) is 5.75 Å². The second kappa shape index (κ2) is 6.61. The Labute approximate surface area is 146 Å². The molecule has 0 saturated carbocycles. The first-order chi connectivity index (χ1) is 12.2. The number of amides is 1. The highest BCUT2D eigenvalue weighted by Gasteiger charge is 2.26. The van der Waals surface area contributed by atoms with Crippen molar-refractivity contribution in [3.05, 3.63) is 66.0 Å². The number of aromatic amines is 1. The van der Waals surface area contributed by atoms with E-state index in [9.17, 15) is 4.79 Å². The first-order valence-corrected chi connectivity index (χ1v) is 8.36. The summed E-state index contributed by atoms with van der Waals surface area (Å²) in [5, 5.41) is 2.26. The van der Waals surface area contributed by atoms with Crippen LogP contribution in [0.25, 0.3) is 10.8 Å². The minimum Gasteiger partial charge on any atom is -0.497 e. The molecule has 1 aliphatic heterocycles. The number of fused-ring (bicyclic) bond motifs is 1. The van der Waals surface area contributed by atoms with Crippen LogP contribution < -0.4 is 4.74 Å². The maximum absolute atomic E-state index is 12.5. The highest BCUT2D eigenvalue weighted by molar-refractivity contribution is 5.92. The van der Waals surface area contributed by atoms with Gasteiger partial charge in [0.05, 0.1) is 20.3 Å². The lowest BCUT2D eigenvalue weighted by Crippen LogP contribution is -2.42. The fraction of sp³-hybridized carbons (Fsp3) is 0.250. The summed E-state index contributed by atoms with van der Waals surface area (Å²) in [7, 11) is 1.67. The number of hydrogen-bond acceptors (Lipinski definition) is 3. The molecule has 25 heavy (non-hydrogen) atoms. The van der Waals surface area contributed by atoms with Crippen molar-refractivity contribution in [3.63, 3.8) is 0 Å². The van der Waals surface area contributed by atoms with Gasteiger partial charge in [-0.25, -0.2) is 0 Å². The standard InChI is InChI=1S/C20H20N2O3/c1-24-17-7-6-14-11-16(5-4-15(14)12-17)19-13-22(9-10-25-19)20(23)18-3-2-8-21-18/h2-8,11-12,19,21H,9-10,13H2,1H3/t19-/m0/s1. The molecule has 0 spiro atoms. The molecule has 0 unspecified atom stereocenters. The number of morpholine rings is 1. The molecular formula is C20H20N2O3. The van der Waals surface area contributed by atoms with E-state index in [1.54, 1.807) is 19.4 Å². The molecule has 4 rings (SSSR count). The number of nitrogens with one attached hydrogen (secondary N) is 1. The molecule has 1 amide bonds. The van der Waals surface area contributed by atoms with Crippen molar-refractivity contribution >= 4 is 16.7 Å². The van der Waals surface area contributed by atoms with Crippen molar-refractivity contribution in [2.45, 2.75) is 6.10 Å². The van der Waals surface area contributed by atoms with Gasteiger partial charge in [-0.3, -0.25) is 4.79 Å². The molecule has 2 heterocycles. The zero-order chi connectivity index (χ0) is 17.2. The molecule has 1 fully saturated rings. The maximum Gasteiger partial charge on any atom is 0.270 e. The molecule has 1 atom stereocenters. The number of nitrogens with zero attached hydrogens (tertiary/aromatic N) is 1. The van der Waals surface area contributed by atoms with E-state index in [-0.39, 0.29) is 12.0 Å². The van der Waals surface area contributed by atoms with E-state index >= 15 is 0 Å². The van der Waals surface area contributed by atoms with E-state index in [1.165, 1.54) is 0 Å². The summed E-state index contributed by atoms with van der Waals surface area (Å²) >= 11 is 0. The predicted molar refractivity (Wildman–Crippen MR) is 95.9 cm³/mol. The summed E-state index contributed by atoms with van der Waals surface area (Å²) in [6.07, 6.45) is 1.65. The first-order valence-electron chi connectivity index (χ1n) is 8.36. The Hall–Kier alpha value is -2.79. The Balaban J connectivity index is 1.56. The van der Waals surface area contributed by atoms with Gasteiger partial charge in [0, 0.05) is 12.7 Å². The van der Waals surface area contributed by atoms with Crippen molar-refractivity contribution in [1.29, 1.82) is 0 Å². The van der Waals surface area contributed by atoms with Gasteiger partial charge in [0.2, 0.25) is 0 Å². The molecule has 5 heteroatoms. The third-order valence-electron chi connectivity index (χ3n) is 4.63. The Morgan fingerprint density at radius 1 is 1.20 bits per heavy atom. The van der Waals surface area contributed by atoms with Crippen molar-refractivity contribution < 1.29 is 14.3 Å². The summed E-state index contributed by atoms with van der Waals surface area (Å²) in [4.78, 5) is 17.4. The smallest absolute Gasteiger partial charge is 0.270 e. The van der Waals surface area contributed by atoms with E-state index in [2.05, 4.69) is 23.2 Å². The van der Waals surface area contributed by atoms with Crippen LogP contribution in [0, 0.1) is 0 Å². The minimum absolute atomic E-state index is 0.0174. The fourth-order valence-electron chi connectivity index (χ4n) is 3.24. The van der Waals surface area contributed by atoms with Crippen LogP contribution in [-0.4, -0.2) is 42.6 Å². The van der Waals surface area contributed by atoms with Crippen LogP contribution in [0.5, 0.6) is 5.75 Å². The van der Waals surface area contributed by atoms with Crippen LogP contribution in [0.15, 0.2) is 54.7 Å². The Kier molecular flexibility index (Phi) is 4.15. The average molecular weight is 336 g/mol. The molecule has 2 aromatic carbocycles. The number of carbonyl (C=O) groups is 1. The van der Waals surface area contributed by atoms with E-state index < -0.39 is 0 Å². The predicted octanol–water partition coefficient (Wildman–Crippen LogP) is 3.39. The number of carbonyl (C=O) groups excluding carboxylic acids is 1. The Bertz CT molecular complexity index is 889. The molecule has 1 aliphatic rings. The molecule has 5 nitrogen and oxygen atoms in total. The van der Waals surface area contributed by atoms with Gasteiger partial charge in [0.15, 0.2) is 0 Å².